The van der Waals surface area contributed by atoms with E-state index in [0.717, 1.165) is 11.3 Å². The summed E-state index contributed by atoms with van der Waals surface area (Å²) >= 11 is 5.91. The first-order valence-corrected chi connectivity index (χ1v) is 8.77. The summed E-state index contributed by atoms with van der Waals surface area (Å²) < 4.78 is 15.5. The van der Waals surface area contributed by atoms with E-state index in [0.29, 0.717) is 23.7 Å². The highest BCUT2D eigenvalue weighted by Crippen LogP contribution is 2.23. The van der Waals surface area contributed by atoms with Crippen LogP contribution in [0.15, 0.2) is 42.5 Å². The molecule has 0 fully saturated rings. The molecule has 0 aliphatic rings. The molecule has 0 unspecified atom stereocenters. The van der Waals surface area contributed by atoms with E-state index in [-0.39, 0.29) is 11.5 Å². The number of hydrogen-bond donors (Lipinski definition) is 1. The van der Waals surface area contributed by atoms with Crippen LogP contribution in [0.4, 0.5) is 0 Å². The molecular weight excluding hydrogens is 370 g/mol. The van der Waals surface area contributed by atoms with Crippen molar-refractivity contribution in [2.75, 3.05) is 20.8 Å². The Balaban J connectivity index is 1.85. The molecule has 1 atom stereocenters. The second-order valence-corrected chi connectivity index (χ2v) is 6.22. The molecule has 1 N–H and O–H groups in total. The van der Waals surface area contributed by atoms with E-state index in [1.165, 1.54) is 20.1 Å². The maximum Gasteiger partial charge on any atom is 0.342 e. The molecule has 0 bridgehead atoms. The topological polar surface area (TPSA) is 73.9 Å². The fraction of sp³-hybridized carbons (Fsp3) is 0.300. The van der Waals surface area contributed by atoms with Gasteiger partial charge in [0.2, 0.25) is 0 Å². The van der Waals surface area contributed by atoms with Gasteiger partial charge in [0.15, 0.2) is 6.10 Å². The summed E-state index contributed by atoms with van der Waals surface area (Å²) in [6, 6.07) is 12.2. The molecule has 2 rings (SSSR count). The van der Waals surface area contributed by atoms with Crippen molar-refractivity contribution in [3.8, 4) is 11.5 Å². The van der Waals surface area contributed by atoms with Gasteiger partial charge in [-0.25, -0.2) is 4.79 Å². The number of esters is 1. The van der Waals surface area contributed by atoms with Gasteiger partial charge in [-0.15, -0.1) is 0 Å². The van der Waals surface area contributed by atoms with Crippen molar-refractivity contribution < 1.29 is 23.8 Å². The average Bonchev–Trinajstić information content (AvgIpc) is 2.68. The lowest BCUT2D eigenvalue weighted by molar-refractivity contribution is -0.129. The highest BCUT2D eigenvalue weighted by molar-refractivity contribution is 6.31. The molecule has 0 heterocycles. The van der Waals surface area contributed by atoms with E-state index in [9.17, 15) is 9.59 Å². The van der Waals surface area contributed by atoms with Gasteiger partial charge in [-0.3, -0.25) is 4.79 Å². The molecule has 0 radical (unpaired) electrons. The first-order valence-electron chi connectivity index (χ1n) is 8.39. The minimum Gasteiger partial charge on any atom is -0.497 e. The Morgan fingerprint density at radius 1 is 1.07 bits per heavy atom. The summed E-state index contributed by atoms with van der Waals surface area (Å²) in [5.74, 6) is 0.0567. The standard InChI is InChI=1S/C20H22ClNO5/c1-13(27-20(24)17-12-15(21)6-9-18(17)26-3)19(23)22-11-10-14-4-7-16(25-2)8-5-14/h4-9,12-13H,10-11H2,1-3H3,(H,22,23)/t13-/m1/s1. The molecule has 0 aromatic heterocycles. The van der Waals surface area contributed by atoms with Gasteiger partial charge in [0, 0.05) is 11.6 Å². The number of rotatable bonds is 8. The van der Waals surface area contributed by atoms with Crippen LogP contribution < -0.4 is 14.8 Å². The Hall–Kier alpha value is -2.73. The zero-order chi connectivity index (χ0) is 19.8. The summed E-state index contributed by atoms with van der Waals surface area (Å²) in [5, 5.41) is 3.13. The predicted molar refractivity (Wildman–Crippen MR) is 103 cm³/mol. The molecule has 0 saturated heterocycles. The van der Waals surface area contributed by atoms with Gasteiger partial charge >= 0.3 is 5.97 Å². The van der Waals surface area contributed by atoms with E-state index >= 15 is 0 Å². The van der Waals surface area contributed by atoms with E-state index in [2.05, 4.69) is 5.32 Å². The molecule has 144 valence electrons. The first-order chi connectivity index (χ1) is 12.9. The summed E-state index contributed by atoms with van der Waals surface area (Å²) in [7, 11) is 3.05. The number of benzene rings is 2. The molecule has 0 aliphatic carbocycles. The molecule has 0 spiro atoms. The number of methoxy groups -OCH3 is 2. The summed E-state index contributed by atoms with van der Waals surface area (Å²) in [6.07, 6.45) is -0.296. The van der Waals surface area contributed by atoms with Crippen molar-refractivity contribution in [1.82, 2.24) is 5.32 Å². The van der Waals surface area contributed by atoms with E-state index in [4.69, 9.17) is 25.8 Å². The van der Waals surface area contributed by atoms with Crippen molar-refractivity contribution in [2.45, 2.75) is 19.4 Å². The largest absolute Gasteiger partial charge is 0.497 e. The van der Waals surface area contributed by atoms with Crippen LogP contribution in [0.2, 0.25) is 5.02 Å². The predicted octanol–water partition coefficient (Wildman–Crippen LogP) is 3.26. The fourth-order valence-electron chi connectivity index (χ4n) is 2.38. The van der Waals surface area contributed by atoms with Gasteiger partial charge in [-0.1, -0.05) is 23.7 Å². The molecule has 7 heteroatoms. The number of ether oxygens (including phenoxy) is 3. The van der Waals surface area contributed by atoms with Crippen molar-refractivity contribution >= 4 is 23.5 Å². The first kappa shape index (κ1) is 20.6. The van der Waals surface area contributed by atoms with Crippen LogP contribution in [-0.4, -0.2) is 38.7 Å². The fourth-order valence-corrected chi connectivity index (χ4v) is 2.56. The Morgan fingerprint density at radius 3 is 2.41 bits per heavy atom. The number of nitrogens with one attached hydrogen (secondary N) is 1. The van der Waals surface area contributed by atoms with Crippen LogP contribution in [0.25, 0.3) is 0 Å². The van der Waals surface area contributed by atoms with Crippen molar-refractivity contribution in [3.63, 3.8) is 0 Å². The van der Waals surface area contributed by atoms with Gasteiger partial charge in [0.1, 0.15) is 17.1 Å². The zero-order valence-electron chi connectivity index (χ0n) is 15.5. The molecule has 0 saturated carbocycles. The molecule has 6 nitrogen and oxygen atoms in total. The third kappa shape index (κ3) is 5.89. The Kier molecular flexibility index (Phi) is 7.49. The molecule has 2 aromatic carbocycles. The smallest absolute Gasteiger partial charge is 0.342 e. The lowest BCUT2D eigenvalue weighted by Gasteiger charge is -2.15. The maximum atomic E-state index is 12.3. The van der Waals surface area contributed by atoms with Crippen LogP contribution in [0.5, 0.6) is 11.5 Å². The average molecular weight is 392 g/mol. The van der Waals surface area contributed by atoms with Crippen molar-refractivity contribution in [1.29, 1.82) is 0 Å². The summed E-state index contributed by atoms with van der Waals surface area (Å²) in [6.45, 7) is 1.94. The van der Waals surface area contributed by atoms with Gasteiger partial charge in [-0.2, -0.15) is 0 Å². The number of hydrogen-bond acceptors (Lipinski definition) is 5. The molecule has 27 heavy (non-hydrogen) atoms. The van der Waals surface area contributed by atoms with Crippen LogP contribution in [0.3, 0.4) is 0 Å². The van der Waals surface area contributed by atoms with Crippen molar-refractivity contribution in [2.24, 2.45) is 0 Å². The second-order valence-electron chi connectivity index (χ2n) is 5.78. The lowest BCUT2D eigenvalue weighted by Crippen LogP contribution is -2.37. The monoisotopic (exact) mass is 391 g/mol. The highest BCUT2D eigenvalue weighted by Gasteiger charge is 2.21. The zero-order valence-corrected chi connectivity index (χ0v) is 16.2. The van der Waals surface area contributed by atoms with Crippen LogP contribution in [0.1, 0.15) is 22.8 Å². The van der Waals surface area contributed by atoms with Crippen LogP contribution in [0, 0.1) is 0 Å². The van der Waals surface area contributed by atoms with Crippen molar-refractivity contribution in [3.05, 3.63) is 58.6 Å². The van der Waals surface area contributed by atoms with E-state index in [1.54, 1.807) is 19.2 Å². The second kappa shape index (κ2) is 9.83. The minimum atomic E-state index is -0.947. The quantitative estimate of drug-likeness (QED) is 0.699. The number of carbonyl (C=O) groups is 2. The summed E-state index contributed by atoms with van der Waals surface area (Å²) in [4.78, 5) is 24.5. The lowest BCUT2D eigenvalue weighted by atomic mass is 10.1. The molecular formula is C20H22ClNO5. The van der Waals surface area contributed by atoms with Crippen LogP contribution >= 0.6 is 11.6 Å². The molecule has 0 aliphatic heterocycles. The number of carbonyl (C=O) groups excluding carboxylic acids is 2. The summed E-state index contributed by atoms with van der Waals surface area (Å²) in [5.41, 5.74) is 1.23. The molecule has 2 aromatic rings. The normalized spacial score (nSPS) is 11.4. The van der Waals surface area contributed by atoms with Gasteiger partial charge in [0.05, 0.1) is 14.2 Å². The minimum absolute atomic E-state index is 0.169. The van der Waals surface area contributed by atoms with Gasteiger partial charge in [-0.05, 0) is 49.2 Å². The number of halogens is 1. The van der Waals surface area contributed by atoms with Crippen LogP contribution in [-0.2, 0) is 16.0 Å². The SMILES string of the molecule is COc1ccc(CCNC(=O)[C@@H](C)OC(=O)c2cc(Cl)ccc2OC)cc1. The highest BCUT2D eigenvalue weighted by atomic mass is 35.5. The molecule has 1 amide bonds. The Labute approximate surface area is 163 Å². The van der Waals surface area contributed by atoms with E-state index in [1.807, 2.05) is 24.3 Å². The third-order valence-electron chi connectivity index (χ3n) is 3.91. The van der Waals surface area contributed by atoms with Gasteiger partial charge < -0.3 is 19.5 Å². The van der Waals surface area contributed by atoms with Gasteiger partial charge in [0.25, 0.3) is 5.91 Å². The third-order valence-corrected chi connectivity index (χ3v) is 4.14. The van der Waals surface area contributed by atoms with E-state index < -0.39 is 12.1 Å². The Bertz CT molecular complexity index is 791. The Morgan fingerprint density at radius 2 is 1.78 bits per heavy atom. The maximum absolute atomic E-state index is 12.3. The number of amides is 1.